The number of rotatable bonds is 5. The van der Waals surface area contributed by atoms with E-state index in [0.717, 1.165) is 17.8 Å². The molecule has 6 nitrogen and oxygen atoms in total. The molecular weight excluding hydrogens is 310 g/mol. The van der Waals surface area contributed by atoms with Crippen LogP contribution in [0.1, 0.15) is 20.3 Å². The highest BCUT2D eigenvalue weighted by Crippen LogP contribution is 2.26. The van der Waals surface area contributed by atoms with Crippen molar-refractivity contribution in [2.24, 2.45) is 7.05 Å². The summed E-state index contributed by atoms with van der Waals surface area (Å²) in [6.07, 6.45) is 0.722. The van der Waals surface area contributed by atoms with Crippen LogP contribution in [0, 0.1) is 0 Å². The van der Waals surface area contributed by atoms with Crippen molar-refractivity contribution in [1.29, 1.82) is 0 Å². The lowest BCUT2D eigenvalue weighted by molar-refractivity contribution is 0.558. The Morgan fingerprint density at radius 3 is 2.76 bits per heavy atom. The second-order valence-electron chi connectivity index (χ2n) is 4.77. The largest absolute Gasteiger partial charge is 0.268 e. The van der Waals surface area contributed by atoms with E-state index in [2.05, 4.69) is 9.82 Å². The van der Waals surface area contributed by atoms with Crippen molar-refractivity contribution in [1.82, 2.24) is 14.5 Å². The summed E-state index contributed by atoms with van der Waals surface area (Å²) >= 11 is 1.14. The van der Waals surface area contributed by atoms with E-state index in [1.54, 1.807) is 24.6 Å². The number of hydrogen-bond donors (Lipinski definition) is 1. The summed E-state index contributed by atoms with van der Waals surface area (Å²) in [5.41, 5.74) is 1.04. The first-order valence-electron chi connectivity index (χ1n) is 6.49. The van der Waals surface area contributed by atoms with Crippen molar-refractivity contribution in [2.45, 2.75) is 30.5 Å². The van der Waals surface area contributed by atoms with Gasteiger partial charge in [0, 0.05) is 30.1 Å². The number of nitrogens with zero attached hydrogens (tertiary/aromatic N) is 2. The van der Waals surface area contributed by atoms with Crippen LogP contribution in [-0.4, -0.2) is 24.2 Å². The normalized spacial score (nSPS) is 13.3. The molecule has 0 radical (unpaired) electrons. The number of nitrogens with one attached hydrogen (secondary N) is 1. The van der Waals surface area contributed by atoms with Gasteiger partial charge in [0.25, 0.3) is 5.56 Å². The van der Waals surface area contributed by atoms with E-state index in [4.69, 9.17) is 0 Å². The molecule has 0 aromatic carbocycles. The number of aromatic nitrogens is 2. The minimum absolute atomic E-state index is 0.115. The average Bonchev–Trinajstić information content (AvgIpc) is 2.92. The van der Waals surface area contributed by atoms with Gasteiger partial charge in [0.05, 0.1) is 5.69 Å². The summed E-state index contributed by atoms with van der Waals surface area (Å²) in [7, 11) is -1.95. The van der Waals surface area contributed by atoms with Crippen LogP contribution in [0.15, 0.2) is 32.6 Å². The Bertz CT molecular complexity index is 793. The molecule has 0 saturated heterocycles. The highest BCUT2D eigenvalue weighted by molar-refractivity contribution is 7.91. The van der Waals surface area contributed by atoms with Gasteiger partial charge in [-0.2, -0.15) is 5.10 Å². The molecule has 8 heteroatoms. The Labute approximate surface area is 127 Å². The Hall–Kier alpha value is -1.51. The van der Waals surface area contributed by atoms with Gasteiger partial charge in [-0.15, -0.1) is 11.3 Å². The van der Waals surface area contributed by atoms with Gasteiger partial charge >= 0.3 is 0 Å². The first-order chi connectivity index (χ1) is 9.83. The molecule has 2 aromatic rings. The molecule has 0 amide bonds. The molecular formula is C13H17N3O3S2. The second kappa shape index (κ2) is 6.08. The van der Waals surface area contributed by atoms with Crippen molar-refractivity contribution >= 4 is 21.4 Å². The molecule has 0 spiro atoms. The minimum Gasteiger partial charge on any atom is -0.268 e. The molecule has 0 aliphatic heterocycles. The molecule has 0 saturated carbocycles. The van der Waals surface area contributed by atoms with Crippen LogP contribution in [0.5, 0.6) is 0 Å². The molecule has 2 heterocycles. The topological polar surface area (TPSA) is 81.1 Å². The molecule has 21 heavy (non-hydrogen) atoms. The summed E-state index contributed by atoms with van der Waals surface area (Å²) in [6, 6.07) is 4.45. The fraction of sp³-hybridized carbons (Fsp3) is 0.385. The highest BCUT2D eigenvalue weighted by Gasteiger charge is 2.19. The summed E-state index contributed by atoms with van der Waals surface area (Å²) in [5, 5.41) is 5.83. The number of thiophene rings is 1. The summed E-state index contributed by atoms with van der Waals surface area (Å²) < 4.78 is 28.5. The van der Waals surface area contributed by atoms with Gasteiger partial charge in [-0.05, 0) is 25.5 Å². The predicted octanol–water partition coefficient (Wildman–Crippen LogP) is 1.59. The zero-order valence-corrected chi connectivity index (χ0v) is 13.7. The molecule has 0 bridgehead atoms. The lowest BCUT2D eigenvalue weighted by Crippen LogP contribution is -2.31. The monoisotopic (exact) mass is 327 g/mol. The minimum atomic E-state index is -3.50. The van der Waals surface area contributed by atoms with Gasteiger partial charge in [-0.3, -0.25) is 4.79 Å². The van der Waals surface area contributed by atoms with E-state index >= 15 is 0 Å². The third kappa shape index (κ3) is 3.58. The summed E-state index contributed by atoms with van der Waals surface area (Å²) in [5.74, 6) is 0. The number of sulfonamides is 1. The molecule has 2 rings (SSSR count). The number of hydrogen-bond acceptors (Lipinski definition) is 5. The van der Waals surface area contributed by atoms with Crippen LogP contribution in [0.3, 0.4) is 0 Å². The molecule has 0 aliphatic rings. The zero-order valence-electron chi connectivity index (χ0n) is 12.0. The van der Waals surface area contributed by atoms with Crippen molar-refractivity contribution in [2.75, 3.05) is 0 Å². The Morgan fingerprint density at radius 2 is 2.14 bits per heavy atom. The molecule has 1 unspecified atom stereocenters. The van der Waals surface area contributed by atoms with E-state index in [1.807, 2.05) is 13.8 Å². The van der Waals surface area contributed by atoms with E-state index < -0.39 is 10.0 Å². The fourth-order valence-corrected chi connectivity index (χ4v) is 4.17. The second-order valence-corrected chi connectivity index (χ2v) is 7.62. The molecule has 2 aromatic heterocycles. The van der Waals surface area contributed by atoms with Crippen LogP contribution >= 0.6 is 11.3 Å². The lowest BCUT2D eigenvalue weighted by Gasteiger charge is -2.10. The predicted molar refractivity (Wildman–Crippen MR) is 82.9 cm³/mol. The maximum absolute atomic E-state index is 12.2. The van der Waals surface area contributed by atoms with Gasteiger partial charge < -0.3 is 0 Å². The van der Waals surface area contributed by atoms with E-state index in [0.29, 0.717) is 11.3 Å². The number of aryl methyl sites for hydroxylation is 1. The van der Waals surface area contributed by atoms with Crippen LogP contribution < -0.4 is 10.3 Å². The van der Waals surface area contributed by atoms with Crippen molar-refractivity contribution < 1.29 is 8.42 Å². The van der Waals surface area contributed by atoms with Crippen LogP contribution in [0.2, 0.25) is 0 Å². The molecule has 114 valence electrons. The van der Waals surface area contributed by atoms with Gasteiger partial charge in [-0.1, -0.05) is 6.92 Å². The lowest BCUT2D eigenvalue weighted by atomic mass is 10.2. The van der Waals surface area contributed by atoms with Gasteiger partial charge in [-0.25, -0.2) is 17.8 Å². The SMILES string of the molecule is CCC(C)NS(=O)(=O)c1cc(-c2ccc(=O)n(C)n2)cs1. The molecule has 1 N–H and O–H groups in total. The van der Waals surface area contributed by atoms with Crippen molar-refractivity contribution in [3.8, 4) is 11.3 Å². The summed E-state index contributed by atoms with van der Waals surface area (Å²) in [4.78, 5) is 11.3. The van der Waals surface area contributed by atoms with Crippen molar-refractivity contribution in [3.63, 3.8) is 0 Å². The Kier molecular flexibility index (Phi) is 4.60. The highest BCUT2D eigenvalue weighted by atomic mass is 32.2. The van der Waals surface area contributed by atoms with Gasteiger partial charge in [0.2, 0.25) is 10.0 Å². The molecule has 1 atom stereocenters. The maximum atomic E-state index is 12.2. The first kappa shape index (κ1) is 15.9. The molecule has 0 fully saturated rings. The Balaban J connectivity index is 2.33. The smallest absolute Gasteiger partial charge is 0.266 e. The third-order valence-electron chi connectivity index (χ3n) is 3.07. The molecule has 0 aliphatic carbocycles. The first-order valence-corrected chi connectivity index (χ1v) is 8.85. The van der Waals surface area contributed by atoms with Crippen LogP contribution in [-0.2, 0) is 17.1 Å². The van der Waals surface area contributed by atoms with Gasteiger partial charge in [0.15, 0.2) is 0 Å². The van der Waals surface area contributed by atoms with E-state index in [1.165, 1.54) is 10.7 Å². The maximum Gasteiger partial charge on any atom is 0.266 e. The van der Waals surface area contributed by atoms with Gasteiger partial charge in [0.1, 0.15) is 4.21 Å². The van der Waals surface area contributed by atoms with E-state index in [-0.39, 0.29) is 15.8 Å². The standard InChI is InChI=1S/C13H17N3O3S2/c1-4-9(2)15-21(18,19)13-7-10(8-20-13)11-5-6-12(17)16(3)14-11/h5-9,15H,4H2,1-3H3. The van der Waals surface area contributed by atoms with Crippen LogP contribution in [0.4, 0.5) is 0 Å². The Morgan fingerprint density at radius 1 is 1.43 bits per heavy atom. The zero-order chi connectivity index (χ0) is 15.6. The van der Waals surface area contributed by atoms with E-state index in [9.17, 15) is 13.2 Å². The quantitative estimate of drug-likeness (QED) is 0.904. The third-order valence-corrected chi connectivity index (χ3v) is 6.09. The van der Waals surface area contributed by atoms with Crippen molar-refractivity contribution in [3.05, 3.63) is 33.9 Å². The summed E-state index contributed by atoms with van der Waals surface area (Å²) in [6.45, 7) is 3.74. The fourth-order valence-electron chi connectivity index (χ4n) is 1.65. The average molecular weight is 327 g/mol. The van der Waals surface area contributed by atoms with Crippen LogP contribution in [0.25, 0.3) is 11.3 Å².